The molecule has 0 aromatic rings. The average Bonchev–Trinajstić information content (AvgIpc) is 2.18. The molecule has 0 spiro atoms. The summed E-state index contributed by atoms with van der Waals surface area (Å²) in [5, 5.41) is 0. The van der Waals surface area contributed by atoms with Crippen molar-refractivity contribution in [3.8, 4) is 0 Å². The number of hydrogen-bond acceptors (Lipinski definition) is 3. The Morgan fingerprint density at radius 1 is 1.07 bits per heavy atom. The van der Waals surface area contributed by atoms with Gasteiger partial charge in [-0.15, -0.1) is 0 Å². The Balaban J connectivity index is 2.27. The number of rotatable bonds is 3. The van der Waals surface area contributed by atoms with Crippen LogP contribution >= 0.6 is 12.6 Å². The SMILES string of the molecule is CC(C)(C)N1CCN(CC=CCS)CC1. The lowest BCUT2D eigenvalue weighted by Crippen LogP contribution is -2.53. The summed E-state index contributed by atoms with van der Waals surface area (Å²) < 4.78 is 0. The molecule has 1 aliphatic heterocycles. The van der Waals surface area contributed by atoms with Gasteiger partial charge in [0.15, 0.2) is 0 Å². The molecule has 0 bridgehead atoms. The third-order valence-corrected chi connectivity index (χ3v) is 3.17. The normalized spacial score (nSPS) is 21.3. The van der Waals surface area contributed by atoms with Gasteiger partial charge in [-0.1, -0.05) is 12.2 Å². The summed E-state index contributed by atoms with van der Waals surface area (Å²) in [4.78, 5) is 5.06. The highest BCUT2D eigenvalue weighted by molar-refractivity contribution is 7.80. The van der Waals surface area contributed by atoms with Crippen molar-refractivity contribution in [1.29, 1.82) is 0 Å². The van der Waals surface area contributed by atoms with Gasteiger partial charge in [0, 0.05) is 44.0 Å². The van der Waals surface area contributed by atoms with Crippen LogP contribution in [0.2, 0.25) is 0 Å². The number of nitrogens with zero attached hydrogens (tertiary/aromatic N) is 2. The second-order valence-electron chi connectivity index (χ2n) is 5.11. The fourth-order valence-electron chi connectivity index (χ4n) is 1.90. The molecule has 1 saturated heterocycles. The van der Waals surface area contributed by atoms with Gasteiger partial charge in [0.1, 0.15) is 0 Å². The molecule has 0 saturated carbocycles. The van der Waals surface area contributed by atoms with Crippen molar-refractivity contribution in [2.75, 3.05) is 38.5 Å². The molecule has 1 fully saturated rings. The largest absolute Gasteiger partial charge is 0.297 e. The van der Waals surface area contributed by atoms with Gasteiger partial charge < -0.3 is 0 Å². The van der Waals surface area contributed by atoms with Crippen LogP contribution in [0.3, 0.4) is 0 Å². The molecule has 0 amide bonds. The van der Waals surface area contributed by atoms with Crippen molar-refractivity contribution in [1.82, 2.24) is 9.80 Å². The molecule has 1 heterocycles. The minimum absolute atomic E-state index is 0.326. The summed E-state index contributed by atoms with van der Waals surface area (Å²) in [7, 11) is 0. The minimum Gasteiger partial charge on any atom is -0.297 e. The Bertz CT molecular complexity index is 200. The highest BCUT2D eigenvalue weighted by atomic mass is 32.1. The van der Waals surface area contributed by atoms with E-state index in [1.807, 2.05) is 0 Å². The first-order valence-electron chi connectivity index (χ1n) is 5.77. The molecule has 1 rings (SSSR count). The number of piperazine rings is 1. The maximum absolute atomic E-state index is 4.16. The van der Waals surface area contributed by atoms with E-state index in [0.717, 1.165) is 12.3 Å². The fraction of sp³-hybridized carbons (Fsp3) is 0.833. The highest BCUT2D eigenvalue weighted by Crippen LogP contribution is 2.15. The third-order valence-electron chi connectivity index (χ3n) is 2.96. The smallest absolute Gasteiger partial charge is 0.0164 e. The van der Waals surface area contributed by atoms with Gasteiger partial charge >= 0.3 is 0 Å². The molecule has 1 aliphatic rings. The molecule has 0 radical (unpaired) electrons. The zero-order valence-corrected chi connectivity index (χ0v) is 11.1. The van der Waals surface area contributed by atoms with Crippen LogP contribution in [0.5, 0.6) is 0 Å². The highest BCUT2D eigenvalue weighted by Gasteiger charge is 2.24. The van der Waals surface area contributed by atoms with E-state index in [2.05, 4.69) is 55.4 Å². The number of thiol groups is 1. The first-order valence-corrected chi connectivity index (χ1v) is 6.40. The zero-order chi connectivity index (χ0) is 11.3. The topological polar surface area (TPSA) is 6.48 Å². The summed E-state index contributed by atoms with van der Waals surface area (Å²) >= 11 is 4.16. The lowest BCUT2D eigenvalue weighted by molar-refractivity contribution is 0.0674. The van der Waals surface area contributed by atoms with Crippen LogP contribution in [-0.2, 0) is 0 Å². The molecular formula is C12H24N2S. The molecule has 0 aromatic heterocycles. The van der Waals surface area contributed by atoms with Gasteiger partial charge in [0.05, 0.1) is 0 Å². The molecule has 2 nitrogen and oxygen atoms in total. The van der Waals surface area contributed by atoms with Crippen LogP contribution in [0.1, 0.15) is 20.8 Å². The summed E-state index contributed by atoms with van der Waals surface area (Å²) in [6.45, 7) is 12.7. The summed E-state index contributed by atoms with van der Waals surface area (Å²) in [5.41, 5.74) is 0.326. The van der Waals surface area contributed by atoms with Crippen LogP contribution in [-0.4, -0.2) is 53.8 Å². The first-order chi connectivity index (χ1) is 7.04. The van der Waals surface area contributed by atoms with Gasteiger partial charge in [0.25, 0.3) is 0 Å². The van der Waals surface area contributed by atoms with Crippen LogP contribution in [0.25, 0.3) is 0 Å². The Morgan fingerprint density at radius 3 is 2.13 bits per heavy atom. The Morgan fingerprint density at radius 2 is 1.67 bits per heavy atom. The van der Waals surface area contributed by atoms with Crippen LogP contribution in [0, 0.1) is 0 Å². The minimum atomic E-state index is 0.326. The number of hydrogen-bond donors (Lipinski definition) is 1. The van der Waals surface area contributed by atoms with Crippen LogP contribution in [0.4, 0.5) is 0 Å². The predicted octanol–water partition coefficient (Wildman–Crippen LogP) is 1.89. The molecule has 0 aliphatic carbocycles. The maximum Gasteiger partial charge on any atom is 0.0164 e. The quantitative estimate of drug-likeness (QED) is 0.582. The standard InChI is InChI=1S/C12H24N2S/c1-12(2,3)14-9-7-13(8-10-14)6-4-5-11-15/h4-5,15H,6-11H2,1-3H3. The summed E-state index contributed by atoms with van der Waals surface area (Å²) in [6.07, 6.45) is 4.35. The van der Waals surface area contributed by atoms with Gasteiger partial charge in [-0.3, -0.25) is 9.80 Å². The lowest BCUT2D eigenvalue weighted by atomic mass is 10.1. The molecule has 0 aromatic carbocycles. The van der Waals surface area contributed by atoms with Crippen LogP contribution in [0.15, 0.2) is 12.2 Å². The average molecular weight is 228 g/mol. The molecule has 3 heteroatoms. The van der Waals surface area contributed by atoms with Gasteiger partial charge in [-0.05, 0) is 20.8 Å². The van der Waals surface area contributed by atoms with E-state index in [4.69, 9.17) is 0 Å². The van der Waals surface area contributed by atoms with Crippen molar-refractivity contribution in [2.45, 2.75) is 26.3 Å². The van der Waals surface area contributed by atoms with E-state index >= 15 is 0 Å². The summed E-state index contributed by atoms with van der Waals surface area (Å²) in [6, 6.07) is 0. The van der Waals surface area contributed by atoms with Crippen LogP contribution < -0.4 is 0 Å². The van der Waals surface area contributed by atoms with Crippen molar-refractivity contribution < 1.29 is 0 Å². The van der Waals surface area contributed by atoms with E-state index in [1.54, 1.807) is 0 Å². The summed E-state index contributed by atoms with van der Waals surface area (Å²) in [5.74, 6) is 0.849. The van der Waals surface area contributed by atoms with Gasteiger partial charge in [0.2, 0.25) is 0 Å². The van der Waals surface area contributed by atoms with E-state index < -0.39 is 0 Å². The molecule has 15 heavy (non-hydrogen) atoms. The molecule has 0 N–H and O–H groups in total. The van der Waals surface area contributed by atoms with Crippen molar-refractivity contribution in [3.05, 3.63) is 12.2 Å². The zero-order valence-electron chi connectivity index (χ0n) is 10.2. The van der Waals surface area contributed by atoms with Gasteiger partial charge in [-0.2, -0.15) is 12.6 Å². The second kappa shape index (κ2) is 5.92. The molecule has 0 atom stereocenters. The van der Waals surface area contributed by atoms with Crippen molar-refractivity contribution in [3.63, 3.8) is 0 Å². The second-order valence-corrected chi connectivity index (χ2v) is 5.48. The van der Waals surface area contributed by atoms with E-state index in [9.17, 15) is 0 Å². The predicted molar refractivity (Wildman–Crippen MR) is 70.8 cm³/mol. The Labute approximate surface area is 99.7 Å². The van der Waals surface area contributed by atoms with E-state index in [1.165, 1.54) is 26.2 Å². The molecule has 0 unspecified atom stereocenters. The third kappa shape index (κ3) is 4.58. The van der Waals surface area contributed by atoms with Crippen molar-refractivity contribution in [2.24, 2.45) is 0 Å². The van der Waals surface area contributed by atoms with Gasteiger partial charge in [-0.25, -0.2) is 0 Å². The maximum atomic E-state index is 4.16. The monoisotopic (exact) mass is 228 g/mol. The molecular weight excluding hydrogens is 204 g/mol. The van der Waals surface area contributed by atoms with E-state index in [-0.39, 0.29) is 0 Å². The Hall–Kier alpha value is 0.01000. The van der Waals surface area contributed by atoms with Crippen molar-refractivity contribution >= 4 is 12.6 Å². The Kier molecular flexibility index (Phi) is 5.16. The fourth-order valence-corrected chi connectivity index (χ4v) is 2.05. The van der Waals surface area contributed by atoms with E-state index in [0.29, 0.717) is 5.54 Å². The lowest BCUT2D eigenvalue weighted by Gasteiger charge is -2.42. The molecule has 88 valence electrons. The first kappa shape index (κ1) is 13.1.